The monoisotopic (exact) mass is 496 g/mol. The van der Waals surface area contributed by atoms with Crippen LogP contribution in [0.3, 0.4) is 0 Å². The molecule has 184 valence electrons. The van der Waals surface area contributed by atoms with Crippen molar-refractivity contribution in [3.63, 3.8) is 0 Å². The van der Waals surface area contributed by atoms with Crippen molar-refractivity contribution in [2.75, 3.05) is 18.0 Å². The van der Waals surface area contributed by atoms with Crippen LogP contribution in [0.25, 0.3) is 11.7 Å². The number of hydrogen-bond donors (Lipinski definition) is 2. The summed E-state index contributed by atoms with van der Waals surface area (Å²) in [6, 6.07) is 3.74. The fourth-order valence-corrected chi connectivity index (χ4v) is 5.13. The third kappa shape index (κ3) is 5.59. The lowest BCUT2D eigenvalue weighted by molar-refractivity contribution is -0.142. The van der Waals surface area contributed by atoms with E-state index in [2.05, 4.69) is 24.2 Å². The van der Waals surface area contributed by atoms with Crippen LogP contribution in [0.1, 0.15) is 54.4 Å². The second-order valence-corrected chi connectivity index (χ2v) is 9.95. The molecule has 9 nitrogen and oxygen atoms in total. The SMILES string of the molecule is CC(C)c1csc(CCc2ccn3c(=O)c(/C=C/C(=O)O)c(N4CCC(C(=O)O)CC4)nc3c2)n1. The van der Waals surface area contributed by atoms with Gasteiger partial charge in [-0.3, -0.25) is 14.0 Å². The van der Waals surface area contributed by atoms with Gasteiger partial charge in [0.25, 0.3) is 5.56 Å². The van der Waals surface area contributed by atoms with Crippen LogP contribution in [0.2, 0.25) is 0 Å². The van der Waals surface area contributed by atoms with Crippen LogP contribution in [0.15, 0.2) is 34.6 Å². The number of carbonyl (C=O) groups is 2. The number of anilines is 1. The molecule has 1 saturated heterocycles. The zero-order valence-electron chi connectivity index (χ0n) is 19.7. The summed E-state index contributed by atoms with van der Waals surface area (Å²) in [5.41, 5.74) is 2.39. The number of hydrogen-bond acceptors (Lipinski definition) is 7. The van der Waals surface area contributed by atoms with Crippen LogP contribution >= 0.6 is 11.3 Å². The van der Waals surface area contributed by atoms with Crippen molar-refractivity contribution in [1.82, 2.24) is 14.4 Å². The minimum atomic E-state index is -1.16. The smallest absolute Gasteiger partial charge is 0.328 e. The van der Waals surface area contributed by atoms with Gasteiger partial charge in [-0.15, -0.1) is 11.3 Å². The van der Waals surface area contributed by atoms with Crippen molar-refractivity contribution in [2.24, 2.45) is 5.92 Å². The molecule has 0 atom stereocenters. The first-order valence-electron chi connectivity index (χ1n) is 11.6. The number of carboxylic acid groups (broad SMARTS) is 2. The number of thiazole rings is 1. The molecule has 1 aliphatic heterocycles. The van der Waals surface area contributed by atoms with Gasteiger partial charge < -0.3 is 15.1 Å². The molecule has 0 spiro atoms. The Kier molecular flexibility index (Phi) is 7.30. The first-order valence-corrected chi connectivity index (χ1v) is 12.5. The number of aromatic nitrogens is 3. The van der Waals surface area contributed by atoms with E-state index < -0.39 is 17.9 Å². The number of carboxylic acids is 2. The first-order chi connectivity index (χ1) is 16.7. The van der Waals surface area contributed by atoms with E-state index in [4.69, 9.17) is 10.1 Å². The molecule has 4 rings (SSSR count). The van der Waals surface area contributed by atoms with Gasteiger partial charge in [0.1, 0.15) is 11.5 Å². The molecule has 3 aromatic rings. The normalized spacial score (nSPS) is 14.9. The highest BCUT2D eigenvalue weighted by molar-refractivity contribution is 7.09. The number of pyridine rings is 1. The maximum atomic E-state index is 13.3. The third-order valence-corrected chi connectivity index (χ3v) is 7.16. The fraction of sp³-hybridized carbons (Fsp3) is 0.400. The number of rotatable bonds is 8. The lowest BCUT2D eigenvalue weighted by Crippen LogP contribution is -2.38. The Hall–Kier alpha value is -3.53. The van der Waals surface area contributed by atoms with E-state index >= 15 is 0 Å². The Bertz CT molecular complexity index is 1340. The second kappa shape index (κ2) is 10.4. The van der Waals surface area contributed by atoms with Gasteiger partial charge in [-0.1, -0.05) is 13.8 Å². The summed E-state index contributed by atoms with van der Waals surface area (Å²) >= 11 is 1.65. The molecule has 2 N–H and O–H groups in total. The summed E-state index contributed by atoms with van der Waals surface area (Å²) in [6.45, 7) is 5.09. The Morgan fingerprint density at radius 3 is 2.57 bits per heavy atom. The van der Waals surface area contributed by atoms with Crippen LogP contribution in [0, 0.1) is 5.92 Å². The number of nitrogens with zero attached hydrogens (tertiary/aromatic N) is 4. The molecule has 0 amide bonds. The van der Waals surface area contributed by atoms with Gasteiger partial charge in [0.15, 0.2) is 0 Å². The average Bonchev–Trinajstić information content (AvgIpc) is 3.31. The zero-order valence-corrected chi connectivity index (χ0v) is 20.5. The van der Waals surface area contributed by atoms with E-state index in [1.807, 2.05) is 17.0 Å². The largest absolute Gasteiger partial charge is 0.481 e. The minimum Gasteiger partial charge on any atom is -0.481 e. The quantitative estimate of drug-likeness (QED) is 0.454. The van der Waals surface area contributed by atoms with Crippen LogP contribution in [-0.2, 0) is 22.4 Å². The van der Waals surface area contributed by atoms with Crippen molar-refractivity contribution in [3.8, 4) is 0 Å². The number of aliphatic carboxylic acids is 2. The maximum Gasteiger partial charge on any atom is 0.328 e. The molecule has 0 bridgehead atoms. The molecule has 0 aliphatic carbocycles. The first kappa shape index (κ1) is 24.6. The fourth-order valence-electron chi connectivity index (χ4n) is 4.17. The average molecular weight is 497 g/mol. The van der Waals surface area contributed by atoms with Gasteiger partial charge >= 0.3 is 11.9 Å². The molecule has 1 fully saturated rings. The van der Waals surface area contributed by atoms with Crippen molar-refractivity contribution < 1.29 is 19.8 Å². The summed E-state index contributed by atoms with van der Waals surface area (Å²) in [4.78, 5) is 47.0. The second-order valence-electron chi connectivity index (χ2n) is 9.01. The standard InChI is InChI=1S/C25H28N4O5S/c1-15(2)19-14-35-21(26-19)5-3-16-7-12-29-20(13-16)27-23(18(24(29)32)4-6-22(30)31)28-10-8-17(9-11-28)25(33)34/h4,6-7,12-15,17H,3,5,8-11H2,1-2H3,(H,30,31)(H,33,34)/b6-4+. The number of piperidine rings is 1. The molecule has 35 heavy (non-hydrogen) atoms. The van der Waals surface area contributed by atoms with E-state index in [1.54, 1.807) is 17.5 Å². The lowest BCUT2D eigenvalue weighted by atomic mass is 9.97. The van der Waals surface area contributed by atoms with E-state index in [0.717, 1.165) is 35.2 Å². The molecule has 0 radical (unpaired) electrons. The van der Waals surface area contributed by atoms with E-state index in [0.29, 0.717) is 43.3 Å². The van der Waals surface area contributed by atoms with Crippen molar-refractivity contribution in [1.29, 1.82) is 0 Å². The Morgan fingerprint density at radius 2 is 1.94 bits per heavy atom. The van der Waals surface area contributed by atoms with Gasteiger partial charge in [0.2, 0.25) is 0 Å². The van der Waals surface area contributed by atoms with Crippen LogP contribution in [0.4, 0.5) is 5.82 Å². The summed E-state index contributed by atoms with van der Waals surface area (Å²) in [7, 11) is 0. The zero-order chi connectivity index (χ0) is 25.1. The molecule has 10 heteroatoms. The predicted molar refractivity (Wildman–Crippen MR) is 134 cm³/mol. The highest BCUT2D eigenvalue weighted by Gasteiger charge is 2.27. The molecule has 0 saturated carbocycles. The van der Waals surface area contributed by atoms with Gasteiger partial charge in [0, 0.05) is 37.2 Å². The Morgan fingerprint density at radius 1 is 1.20 bits per heavy atom. The van der Waals surface area contributed by atoms with Crippen LogP contribution in [0.5, 0.6) is 0 Å². The Labute approximate surface area is 206 Å². The predicted octanol–water partition coefficient (Wildman–Crippen LogP) is 3.46. The molecule has 3 aromatic heterocycles. The minimum absolute atomic E-state index is 0.176. The molecule has 1 aliphatic rings. The van der Waals surface area contributed by atoms with Gasteiger partial charge in [-0.25, -0.2) is 14.8 Å². The Balaban J connectivity index is 1.66. The van der Waals surface area contributed by atoms with Gasteiger partial charge in [-0.05, 0) is 49.0 Å². The molecule has 4 heterocycles. The van der Waals surface area contributed by atoms with E-state index in [-0.39, 0.29) is 11.1 Å². The number of fused-ring (bicyclic) bond motifs is 1. The highest BCUT2D eigenvalue weighted by atomic mass is 32.1. The topological polar surface area (TPSA) is 125 Å². The lowest BCUT2D eigenvalue weighted by Gasteiger charge is -2.32. The number of aryl methyl sites for hydroxylation is 2. The summed E-state index contributed by atoms with van der Waals surface area (Å²) in [6.07, 6.45) is 6.26. The third-order valence-electron chi connectivity index (χ3n) is 6.23. The van der Waals surface area contributed by atoms with Crippen molar-refractivity contribution in [2.45, 2.75) is 45.4 Å². The summed E-state index contributed by atoms with van der Waals surface area (Å²) in [5.74, 6) is -1.65. The molecule has 0 aromatic carbocycles. The van der Waals surface area contributed by atoms with E-state index in [9.17, 15) is 19.5 Å². The molecular formula is C25H28N4O5S. The summed E-state index contributed by atoms with van der Waals surface area (Å²) < 4.78 is 1.42. The van der Waals surface area contributed by atoms with Crippen molar-refractivity contribution in [3.05, 3.63) is 62.0 Å². The van der Waals surface area contributed by atoms with E-state index in [1.165, 1.54) is 10.5 Å². The van der Waals surface area contributed by atoms with Gasteiger partial charge in [0.05, 0.1) is 22.2 Å². The van der Waals surface area contributed by atoms with Crippen LogP contribution < -0.4 is 10.5 Å². The van der Waals surface area contributed by atoms with Gasteiger partial charge in [-0.2, -0.15) is 0 Å². The molecule has 0 unspecified atom stereocenters. The van der Waals surface area contributed by atoms with Crippen LogP contribution in [-0.4, -0.2) is 49.6 Å². The summed E-state index contributed by atoms with van der Waals surface area (Å²) in [5, 5.41) is 21.6. The van der Waals surface area contributed by atoms with Crippen molar-refractivity contribution >= 4 is 40.8 Å². The highest BCUT2D eigenvalue weighted by Crippen LogP contribution is 2.25. The molecular weight excluding hydrogens is 468 g/mol. The maximum absolute atomic E-state index is 13.3.